The molecule has 1 heterocycles. The van der Waals surface area contributed by atoms with Crippen LogP contribution in [0.25, 0.3) is 0 Å². The lowest BCUT2D eigenvalue weighted by Crippen LogP contribution is -2.12. The van der Waals surface area contributed by atoms with Crippen molar-refractivity contribution in [2.45, 2.75) is 6.18 Å². The van der Waals surface area contributed by atoms with Crippen molar-refractivity contribution in [3.63, 3.8) is 0 Å². The van der Waals surface area contributed by atoms with Crippen molar-refractivity contribution in [2.24, 2.45) is 7.05 Å². The van der Waals surface area contributed by atoms with Gasteiger partial charge in [-0.15, -0.1) is 0 Å². The second kappa shape index (κ2) is 2.75. The van der Waals surface area contributed by atoms with Crippen LogP contribution in [0.4, 0.5) is 13.2 Å². The Morgan fingerprint density at radius 1 is 1.62 bits per heavy atom. The van der Waals surface area contributed by atoms with Gasteiger partial charge in [0.25, 0.3) is 0 Å². The standard InChI is InChI=1S/C6H5F3N2O2/c1-11-2-3(4(12)13)10-5(11)6(7,8)9/h2H,1H3,(H,12,13). The van der Waals surface area contributed by atoms with E-state index in [1.54, 1.807) is 0 Å². The average Bonchev–Trinajstić information content (AvgIpc) is 2.29. The molecule has 0 atom stereocenters. The van der Waals surface area contributed by atoms with Gasteiger partial charge in [-0.2, -0.15) is 13.2 Å². The van der Waals surface area contributed by atoms with Crippen LogP contribution in [0.5, 0.6) is 0 Å². The molecule has 0 aliphatic heterocycles. The van der Waals surface area contributed by atoms with Gasteiger partial charge in [0.05, 0.1) is 0 Å². The van der Waals surface area contributed by atoms with Crippen LogP contribution in [0.3, 0.4) is 0 Å². The second-order valence-electron chi connectivity index (χ2n) is 2.36. The smallest absolute Gasteiger partial charge is 0.449 e. The summed E-state index contributed by atoms with van der Waals surface area (Å²) in [7, 11) is 1.09. The SMILES string of the molecule is Cn1cc(C(=O)O)nc1C(F)(F)F. The van der Waals surface area contributed by atoms with Gasteiger partial charge in [0.2, 0.25) is 5.82 Å². The van der Waals surface area contributed by atoms with Crippen molar-refractivity contribution in [3.8, 4) is 0 Å². The fourth-order valence-electron chi connectivity index (χ4n) is 0.833. The number of carboxylic acid groups (broad SMARTS) is 1. The number of carbonyl (C=O) groups is 1. The molecular weight excluding hydrogens is 189 g/mol. The molecule has 4 nitrogen and oxygen atoms in total. The molecule has 0 fully saturated rings. The monoisotopic (exact) mass is 194 g/mol. The molecule has 0 saturated heterocycles. The maximum atomic E-state index is 12.0. The number of alkyl halides is 3. The first-order valence-corrected chi connectivity index (χ1v) is 3.16. The highest BCUT2D eigenvalue weighted by atomic mass is 19.4. The van der Waals surface area contributed by atoms with Gasteiger partial charge in [-0.25, -0.2) is 9.78 Å². The van der Waals surface area contributed by atoms with E-state index in [0.717, 1.165) is 13.2 Å². The minimum absolute atomic E-state index is 0.616. The van der Waals surface area contributed by atoms with Crippen LogP contribution in [0.1, 0.15) is 16.3 Å². The van der Waals surface area contributed by atoms with Gasteiger partial charge in [-0.1, -0.05) is 0 Å². The highest BCUT2D eigenvalue weighted by molar-refractivity contribution is 5.85. The van der Waals surface area contributed by atoms with Crippen molar-refractivity contribution in [1.29, 1.82) is 0 Å². The fourth-order valence-corrected chi connectivity index (χ4v) is 0.833. The van der Waals surface area contributed by atoms with E-state index >= 15 is 0 Å². The van der Waals surface area contributed by atoms with E-state index in [2.05, 4.69) is 4.98 Å². The number of aryl methyl sites for hydroxylation is 1. The zero-order chi connectivity index (χ0) is 10.2. The molecule has 0 radical (unpaired) electrons. The topological polar surface area (TPSA) is 55.1 Å². The van der Waals surface area contributed by atoms with Crippen LogP contribution in [-0.2, 0) is 13.2 Å². The molecule has 0 aliphatic carbocycles. The molecule has 0 aliphatic rings. The molecule has 1 rings (SSSR count). The Morgan fingerprint density at radius 2 is 2.15 bits per heavy atom. The van der Waals surface area contributed by atoms with Crippen molar-refractivity contribution < 1.29 is 23.1 Å². The molecule has 1 aromatic heterocycles. The predicted molar refractivity (Wildman–Crippen MR) is 35.2 cm³/mol. The van der Waals surface area contributed by atoms with Crippen molar-refractivity contribution in [3.05, 3.63) is 17.7 Å². The van der Waals surface area contributed by atoms with Gasteiger partial charge in [-0.05, 0) is 0 Å². The molecule has 0 spiro atoms. The van der Waals surface area contributed by atoms with Gasteiger partial charge in [0.1, 0.15) is 0 Å². The Hall–Kier alpha value is -1.53. The van der Waals surface area contributed by atoms with E-state index in [4.69, 9.17) is 5.11 Å². The van der Waals surface area contributed by atoms with Crippen LogP contribution in [0.2, 0.25) is 0 Å². The third kappa shape index (κ3) is 1.79. The molecule has 1 aromatic rings. The van der Waals surface area contributed by atoms with Crippen molar-refractivity contribution in [1.82, 2.24) is 9.55 Å². The van der Waals surface area contributed by atoms with Gasteiger partial charge in [0, 0.05) is 13.2 Å². The molecule has 0 bridgehead atoms. The highest BCUT2D eigenvalue weighted by Gasteiger charge is 2.36. The van der Waals surface area contributed by atoms with Crippen LogP contribution in [0, 0.1) is 0 Å². The number of halogens is 3. The number of aromatic nitrogens is 2. The summed E-state index contributed by atoms with van der Waals surface area (Å²) in [6.45, 7) is 0. The molecule has 0 amide bonds. The van der Waals surface area contributed by atoms with E-state index in [1.165, 1.54) is 0 Å². The third-order valence-electron chi connectivity index (χ3n) is 1.35. The molecular formula is C6H5F3N2O2. The van der Waals surface area contributed by atoms with Crippen LogP contribution >= 0.6 is 0 Å². The number of hydrogen-bond acceptors (Lipinski definition) is 2. The van der Waals surface area contributed by atoms with E-state index < -0.39 is 23.7 Å². The Morgan fingerprint density at radius 3 is 2.38 bits per heavy atom. The van der Waals surface area contributed by atoms with Gasteiger partial charge >= 0.3 is 12.1 Å². The Balaban J connectivity index is 3.18. The van der Waals surface area contributed by atoms with E-state index in [-0.39, 0.29) is 0 Å². The zero-order valence-corrected chi connectivity index (χ0v) is 6.46. The normalized spacial score (nSPS) is 11.7. The summed E-state index contributed by atoms with van der Waals surface area (Å²) in [6.07, 6.45) is -3.81. The van der Waals surface area contributed by atoms with Crippen LogP contribution in [0.15, 0.2) is 6.20 Å². The summed E-state index contributed by atoms with van der Waals surface area (Å²) in [4.78, 5) is 13.2. The average molecular weight is 194 g/mol. The van der Waals surface area contributed by atoms with Crippen molar-refractivity contribution in [2.75, 3.05) is 0 Å². The largest absolute Gasteiger partial charge is 0.476 e. The Bertz CT molecular complexity index is 342. The lowest BCUT2D eigenvalue weighted by molar-refractivity contribution is -0.146. The minimum Gasteiger partial charge on any atom is -0.476 e. The highest BCUT2D eigenvalue weighted by Crippen LogP contribution is 2.27. The molecule has 1 N–H and O–H groups in total. The van der Waals surface area contributed by atoms with Gasteiger partial charge < -0.3 is 9.67 Å². The number of nitrogens with zero attached hydrogens (tertiary/aromatic N) is 2. The molecule has 7 heteroatoms. The summed E-state index contributed by atoms with van der Waals surface area (Å²) in [5.74, 6) is -2.70. The van der Waals surface area contributed by atoms with Crippen LogP contribution in [-0.4, -0.2) is 20.6 Å². The first-order valence-electron chi connectivity index (χ1n) is 3.16. The second-order valence-corrected chi connectivity index (χ2v) is 2.36. The quantitative estimate of drug-likeness (QED) is 0.729. The molecule has 0 unspecified atom stereocenters. The predicted octanol–water partition coefficient (Wildman–Crippen LogP) is 1.14. The maximum absolute atomic E-state index is 12.0. The Labute approximate surface area is 70.6 Å². The van der Waals surface area contributed by atoms with E-state index in [0.29, 0.717) is 4.57 Å². The first-order chi connectivity index (χ1) is 5.82. The molecule has 13 heavy (non-hydrogen) atoms. The van der Waals surface area contributed by atoms with E-state index in [1.807, 2.05) is 0 Å². The first kappa shape index (κ1) is 9.56. The van der Waals surface area contributed by atoms with Crippen molar-refractivity contribution >= 4 is 5.97 Å². The third-order valence-corrected chi connectivity index (χ3v) is 1.35. The fraction of sp³-hybridized carbons (Fsp3) is 0.333. The maximum Gasteiger partial charge on any atom is 0.449 e. The lowest BCUT2D eigenvalue weighted by atomic mass is 10.5. The number of imidazole rings is 1. The number of carboxylic acids is 1. The summed E-state index contributed by atoms with van der Waals surface area (Å²) in [6, 6.07) is 0. The summed E-state index contributed by atoms with van der Waals surface area (Å²) < 4.78 is 36.8. The zero-order valence-electron chi connectivity index (χ0n) is 6.46. The lowest BCUT2D eigenvalue weighted by Gasteiger charge is -2.03. The summed E-state index contributed by atoms with van der Waals surface area (Å²) in [5.41, 5.74) is -0.616. The van der Waals surface area contributed by atoms with E-state index in [9.17, 15) is 18.0 Å². The Kier molecular flexibility index (Phi) is 2.02. The summed E-state index contributed by atoms with van der Waals surface area (Å²) >= 11 is 0. The number of rotatable bonds is 1. The van der Waals surface area contributed by atoms with Gasteiger partial charge in [0.15, 0.2) is 5.69 Å². The molecule has 0 saturated carbocycles. The molecule has 72 valence electrons. The van der Waals surface area contributed by atoms with Gasteiger partial charge in [-0.3, -0.25) is 0 Å². The number of aromatic carboxylic acids is 1. The minimum atomic E-state index is -4.62. The molecule has 0 aromatic carbocycles. The van der Waals surface area contributed by atoms with Crippen LogP contribution < -0.4 is 0 Å². The number of hydrogen-bond donors (Lipinski definition) is 1. The summed E-state index contributed by atoms with van der Waals surface area (Å²) in [5, 5.41) is 8.35.